The van der Waals surface area contributed by atoms with Crippen LogP contribution < -0.4 is 0 Å². The van der Waals surface area contributed by atoms with Crippen LogP contribution in [0.3, 0.4) is 0 Å². The zero-order valence-corrected chi connectivity index (χ0v) is 12.7. The predicted octanol–water partition coefficient (Wildman–Crippen LogP) is 2.36. The van der Waals surface area contributed by atoms with Gasteiger partial charge in [0.25, 0.3) is 0 Å². The van der Waals surface area contributed by atoms with Crippen LogP contribution in [-0.4, -0.2) is 43.8 Å². The molecule has 5 heteroatoms. The average Bonchev–Trinajstić information content (AvgIpc) is 3.01. The minimum absolute atomic E-state index is 0.112. The number of carbonyl (C=O) groups excluding carboxylic acids is 1. The molecule has 1 aliphatic heterocycles. The average molecular weight is 303 g/mol. The van der Waals surface area contributed by atoms with E-state index in [4.69, 9.17) is 14.2 Å². The van der Waals surface area contributed by atoms with Crippen molar-refractivity contribution in [2.45, 2.75) is 25.5 Å². The van der Waals surface area contributed by atoms with Gasteiger partial charge in [-0.25, -0.2) is 9.79 Å². The van der Waals surface area contributed by atoms with Crippen molar-refractivity contribution >= 4 is 11.9 Å². The second-order valence-corrected chi connectivity index (χ2v) is 5.08. The number of esters is 1. The normalized spacial score (nSPS) is 18.2. The van der Waals surface area contributed by atoms with Crippen LogP contribution in [0.1, 0.15) is 18.9 Å². The van der Waals surface area contributed by atoms with Crippen molar-refractivity contribution in [3.63, 3.8) is 0 Å². The molecular weight excluding hydrogens is 282 g/mol. The molecular formula is C17H21NO4. The minimum Gasteiger partial charge on any atom is -0.475 e. The summed E-state index contributed by atoms with van der Waals surface area (Å²) in [5, 5.41) is 0. The van der Waals surface area contributed by atoms with Crippen LogP contribution in [0.15, 0.2) is 48.0 Å². The first-order valence-electron chi connectivity index (χ1n) is 7.36. The summed E-state index contributed by atoms with van der Waals surface area (Å²) >= 11 is 0. The third kappa shape index (κ3) is 5.00. The highest BCUT2D eigenvalue weighted by Crippen LogP contribution is 2.14. The summed E-state index contributed by atoms with van der Waals surface area (Å²) in [6.07, 6.45) is 1.64. The lowest BCUT2D eigenvalue weighted by molar-refractivity contribution is -0.144. The molecule has 0 amide bonds. The summed E-state index contributed by atoms with van der Waals surface area (Å²) in [5.74, 6) is 0.260. The molecule has 0 N–H and O–H groups in total. The van der Waals surface area contributed by atoms with E-state index in [1.54, 1.807) is 6.92 Å². The van der Waals surface area contributed by atoms with Crippen molar-refractivity contribution in [3.05, 3.63) is 48.6 Å². The fraction of sp³-hybridized carbons (Fsp3) is 0.412. The van der Waals surface area contributed by atoms with Crippen LogP contribution in [0, 0.1) is 0 Å². The Labute approximate surface area is 130 Å². The summed E-state index contributed by atoms with van der Waals surface area (Å²) in [7, 11) is 0. The summed E-state index contributed by atoms with van der Waals surface area (Å²) in [6, 6.07) is 9.96. The second-order valence-electron chi connectivity index (χ2n) is 5.08. The van der Waals surface area contributed by atoms with Gasteiger partial charge >= 0.3 is 5.97 Å². The number of rotatable bonds is 8. The first-order valence-corrected chi connectivity index (χ1v) is 7.36. The van der Waals surface area contributed by atoms with Crippen LogP contribution in [0.25, 0.3) is 0 Å². The highest BCUT2D eigenvalue weighted by Gasteiger charge is 2.19. The lowest BCUT2D eigenvalue weighted by atomic mass is 10.2. The van der Waals surface area contributed by atoms with Crippen molar-refractivity contribution in [1.29, 1.82) is 0 Å². The van der Waals surface area contributed by atoms with E-state index in [0.29, 0.717) is 25.7 Å². The van der Waals surface area contributed by atoms with Gasteiger partial charge in [0.05, 0.1) is 12.6 Å². The molecule has 0 saturated heterocycles. The largest absolute Gasteiger partial charge is 0.475 e. The highest BCUT2D eigenvalue weighted by molar-refractivity contribution is 5.95. The van der Waals surface area contributed by atoms with E-state index < -0.39 is 5.97 Å². The van der Waals surface area contributed by atoms with Crippen molar-refractivity contribution < 1.29 is 19.0 Å². The molecule has 118 valence electrons. The zero-order valence-electron chi connectivity index (χ0n) is 12.7. The molecule has 0 spiro atoms. The van der Waals surface area contributed by atoms with Crippen LogP contribution >= 0.6 is 0 Å². The zero-order chi connectivity index (χ0) is 15.8. The van der Waals surface area contributed by atoms with Gasteiger partial charge in [-0.05, 0) is 25.5 Å². The predicted molar refractivity (Wildman–Crippen MR) is 83.9 cm³/mol. The maximum atomic E-state index is 11.0. The summed E-state index contributed by atoms with van der Waals surface area (Å²) in [6.45, 7) is 6.63. The molecule has 1 aliphatic rings. The number of hydrogen-bond acceptors (Lipinski definition) is 5. The Morgan fingerprint density at radius 3 is 3.00 bits per heavy atom. The number of hydrogen-bond donors (Lipinski definition) is 0. The van der Waals surface area contributed by atoms with E-state index in [1.807, 2.05) is 30.3 Å². The quantitative estimate of drug-likeness (QED) is 0.420. The summed E-state index contributed by atoms with van der Waals surface area (Å²) < 4.78 is 16.1. The van der Waals surface area contributed by atoms with Crippen LogP contribution in [-0.2, 0) is 19.0 Å². The maximum Gasteiger partial charge on any atom is 0.330 e. The summed E-state index contributed by atoms with van der Waals surface area (Å²) in [4.78, 5) is 15.6. The van der Waals surface area contributed by atoms with Gasteiger partial charge < -0.3 is 14.2 Å². The van der Waals surface area contributed by atoms with Gasteiger partial charge in [0.1, 0.15) is 12.7 Å². The minimum atomic E-state index is -0.433. The van der Waals surface area contributed by atoms with Gasteiger partial charge in [0, 0.05) is 18.2 Å². The number of carbonyl (C=O) groups is 1. The summed E-state index contributed by atoms with van der Waals surface area (Å²) in [5.41, 5.74) is 0.996. The Balaban J connectivity index is 1.67. The molecule has 0 saturated carbocycles. The molecule has 0 radical (unpaired) electrons. The number of nitrogens with zero attached hydrogens (tertiary/aromatic N) is 1. The molecule has 2 rings (SSSR count). The smallest absolute Gasteiger partial charge is 0.330 e. The fourth-order valence-corrected chi connectivity index (χ4v) is 2.05. The highest BCUT2D eigenvalue weighted by atomic mass is 16.6. The second kappa shape index (κ2) is 8.34. The third-order valence-corrected chi connectivity index (χ3v) is 3.16. The SMILES string of the molecule is C=CC(=O)OC(C)COCCC1COC(c2ccccc2)=N1. The Morgan fingerprint density at radius 1 is 1.50 bits per heavy atom. The van der Waals surface area contributed by atoms with Crippen LogP contribution in [0.5, 0.6) is 0 Å². The van der Waals surface area contributed by atoms with Gasteiger partial charge in [-0.15, -0.1) is 0 Å². The number of ether oxygens (including phenoxy) is 3. The van der Waals surface area contributed by atoms with Crippen molar-refractivity contribution in [2.75, 3.05) is 19.8 Å². The van der Waals surface area contributed by atoms with Gasteiger partial charge in [-0.1, -0.05) is 24.8 Å². The van der Waals surface area contributed by atoms with E-state index in [9.17, 15) is 4.79 Å². The molecule has 1 heterocycles. The van der Waals surface area contributed by atoms with Gasteiger partial charge in [0.2, 0.25) is 5.90 Å². The topological polar surface area (TPSA) is 57.1 Å². The lowest BCUT2D eigenvalue weighted by Crippen LogP contribution is -2.20. The molecule has 0 aromatic heterocycles. The molecule has 22 heavy (non-hydrogen) atoms. The molecule has 0 aliphatic carbocycles. The van der Waals surface area contributed by atoms with Gasteiger partial charge in [-0.2, -0.15) is 0 Å². The number of benzene rings is 1. The van der Waals surface area contributed by atoms with Crippen LogP contribution in [0.2, 0.25) is 0 Å². The van der Waals surface area contributed by atoms with E-state index in [-0.39, 0.29) is 12.1 Å². The Bertz CT molecular complexity index is 527. The first-order chi connectivity index (χ1) is 10.7. The standard InChI is InChI=1S/C17H21NO4/c1-3-16(19)22-13(2)11-20-10-9-15-12-21-17(18-15)14-7-5-4-6-8-14/h3-8,13,15H,1,9-12H2,2H3. The van der Waals surface area contributed by atoms with E-state index >= 15 is 0 Å². The molecule has 1 aromatic carbocycles. The molecule has 2 atom stereocenters. The van der Waals surface area contributed by atoms with Crippen molar-refractivity contribution in [2.24, 2.45) is 4.99 Å². The number of aliphatic imine (C=N–C) groups is 1. The Hall–Kier alpha value is -2.14. The molecule has 1 aromatic rings. The van der Waals surface area contributed by atoms with E-state index in [0.717, 1.165) is 18.1 Å². The van der Waals surface area contributed by atoms with E-state index in [2.05, 4.69) is 11.6 Å². The Kier molecular flexibility index (Phi) is 6.15. The molecule has 0 fully saturated rings. The first kappa shape index (κ1) is 16.2. The maximum absolute atomic E-state index is 11.0. The molecule has 2 unspecified atom stereocenters. The fourth-order valence-electron chi connectivity index (χ4n) is 2.05. The Morgan fingerprint density at radius 2 is 2.27 bits per heavy atom. The van der Waals surface area contributed by atoms with E-state index in [1.165, 1.54) is 0 Å². The van der Waals surface area contributed by atoms with Crippen molar-refractivity contribution in [1.82, 2.24) is 0 Å². The van der Waals surface area contributed by atoms with Gasteiger partial charge in [0.15, 0.2) is 0 Å². The molecule has 0 bridgehead atoms. The third-order valence-electron chi connectivity index (χ3n) is 3.16. The van der Waals surface area contributed by atoms with Crippen molar-refractivity contribution in [3.8, 4) is 0 Å². The molecule has 5 nitrogen and oxygen atoms in total. The van der Waals surface area contributed by atoms with Gasteiger partial charge in [-0.3, -0.25) is 0 Å². The monoisotopic (exact) mass is 303 g/mol. The lowest BCUT2D eigenvalue weighted by Gasteiger charge is -2.12. The van der Waals surface area contributed by atoms with Crippen LogP contribution in [0.4, 0.5) is 0 Å².